The lowest BCUT2D eigenvalue weighted by atomic mass is 10.2. The van der Waals surface area contributed by atoms with E-state index in [2.05, 4.69) is 0 Å². The van der Waals surface area contributed by atoms with Gasteiger partial charge in [0.15, 0.2) is 16.1 Å². The standard InChI is InChI=1S/C6H12O4S/c1-4-5(2)10-6(3-9-4)11(7)8/h4-6,11H,3H2,1-2H3. The molecular formula is C6H12O4S. The fourth-order valence-electron chi connectivity index (χ4n) is 0.878. The van der Waals surface area contributed by atoms with Gasteiger partial charge in [0.05, 0.1) is 18.8 Å². The third-order valence-electron chi connectivity index (χ3n) is 1.77. The Bertz CT molecular complexity index is 193. The van der Waals surface area contributed by atoms with Crippen LogP contribution in [0, 0.1) is 0 Å². The zero-order valence-electron chi connectivity index (χ0n) is 6.52. The van der Waals surface area contributed by atoms with Crippen LogP contribution in [0.25, 0.3) is 0 Å². The van der Waals surface area contributed by atoms with Crippen molar-refractivity contribution in [2.75, 3.05) is 6.61 Å². The second-order valence-corrected chi connectivity index (χ2v) is 3.77. The summed E-state index contributed by atoms with van der Waals surface area (Å²) in [5.41, 5.74) is -0.754. The number of hydrogen-bond donors (Lipinski definition) is 1. The summed E-state index contributed by atoms with van der Waals surface area (Å²) in [7, 11) is -2.51. The van der Waals surface area contributed by atoms with Crippen LogP contribution in [0.2, 0.25) is 0 Å². The minimum atomic E-state index is -2.51. The van der Waals surface area contributed by atoms with Crippen molar-refractivity contribution in [3.63, 3.8) is 0 Å². The van der Waals surface area contributed by atoms with Gasteiger partial charge in [0.1, 0.15) is 0 Å². The molecule has 1 aliphatic heterocycles. The van der Waals surface area contributed by atoms with Crippen LogP contribution in [-0.4, -0.2) is 32.7 Å². The van der Waals surface area contributed by atoms with Gasteiger partial charge >= 0.3 is 0 Å². The molecule has 0 aromatic carbocycles. The van der Waals surface area contributed by atoms with Crippen LogP contribution in [0.1, 0.15) is 13.8 Å². The molecular weight excluding hydrogens is 168 g/mol. The molecule has 4 nitrogen and oxygen atoms in total. The molecule has 3 unspecified atom stereocenters. The molecule has 0 radical (unpaired) electrons. The topological polar surface area (TPSA) is 52.6 Å². The molecule has 0 N–H and O–H groups in total. The van der Waals surface area contributed by atoms with Crippen LogP contribution < -0.4 is 0 Å². The molecule has 0 bridgehead atoms. The third-order valence-corrected chi connectivity index (χ3v) is 2.51. The molecule has 5 heteroatoms. The Kier molecular flexibility index (Phi) is 2.86. The predicted octanol–water partition coefficient (Wildman–Crippen LogP) is -0.252. The Labute approximate surface area is 67.4 Å². The van der Waals surface area contributed by atoms with Gasteiger partial charge in [-0.05, 0) is 13.8 Å². The molecule has 66 valence electrons. The molecule has 0 amide bonds. The lowest BCUT2D eigenvalue weighted by molar-refractivity contribution is -0.139. The normalized spacial score (nSPS) is 39.4. The summed E-state index contributed by atoms with van der Waals surface area (Å²) in [6.45, 7) is 3.82. The van der Waals surface area contributed by atoms with E-state index in [1.807, 2.05) is 6.92 Å². The molecule has 3 atom stereocenters. The highest BCUT2D eigenvalue weighted by Gasteiger charge is 2.27. The summed E-state index contributed by atoms with van der Waals surface area (Å²) < 4.78 is 31.2. The van der Waals surface area contributed by atoms with E-state index < -0.39 is 16.1 Å². The predicted molar refractivity (Wildman–Crippen MR) is 40.1 cm³/mol. The van der Waals surface area contributed by atoms with Crippen molar-refractivity contribution < 1.29 is 17.9 Å². The van der Waals surface area contributed by atoms with Crippen molar-refractivity contribution in [1.29, 1.82) is 0 Å². The molecule has 1 heterocycles. The van der Waals surface area contributed by atoms with E-state index >= 15 is 0 Å². The second kappa shape index (κ2) is 3.51. The fraction of sp³-hybridized carbons (Fsp3) is 1.00. The Morgan fingerprint density at radius 1 is 1.27 bits per heavy atom. The van der Waals surface area contributed by atoms with Gasteiger partial charge in [-0.25, -0.2) is 8.42 Å². The first-order valence-corrected chi connectivity index (χ1v) is 4.76. The summed E-state index contributed by atoms with van der Waals surface area (Å²) in [6.07, 6.45) is -0.150. The van der Waals surface area contributed by atoms with E-state index in [1.54, 1.807) is 6.92 Å². The Morgan fingerprint density at radius 2 is 1.91 bits per heavy atom. The average Bonchev–Trinajstić information content (AvgIpc) is 1.94. The van der Waals surface area contributed by atoms with E-state index in [-0.39, 0.29) is 18.8 Å². The van der Waals surface area contributed by atoms with E-state index in [0.29, 0.717) is 0 Å². The van der Waals surface area contributed by atoms with Gasteiger partial charge < -0.3 is 9.47 Å². The highest BCUT2D eigenvalue weighted by molar-refractivity contribution is 7.73. The molecule has 0 aromatic heterocycles. The molecule has 0 aromatic rings. The van der Waals surface area contributed by atoms with Crippen molar-refractivity contribution in [2.45, 2.75) is 31.5 Å². The first-order valence-electron chi connectivity index (χ1n) is 3.52. The lowest BCUT2D eigenvalue weighted by Crippen LogP contribution is -2.40. The lowest BCUT2D eigenvalue weighted by Gasteiger charge is -2.29. The third kappa shape index (κ3) is 2.15. The molecule has 11 heavy (non-hydrogen) atoms. The van der Waals surface area contributed by atoms with Crippen molar-refractivity contribution in [3.05, 3.63) is 0 Å². The second-order valence-electron chi connectivity index (χ2n) is 2.62. The number of hydrogen-bond acceptors (Lipinski definition) is 4. The van der Waals surface area contributed by atoms with Crippen LogP contribution in [0.4, 0.5) is 0 Å². The summed E-state index contributed by atoms with van der Waals surface area (Å²) in [6, 6.07) is 0. The maximum Gasteiger partial charge on any atom is 0.179 e. The van der Waals surface area contributed by atoms with Gasteiger partial charge in [0, 0.05) is 0 Å². The number of ether oxygens (including phenoxy) is 2. The highest BCUT2D eigenvalue weighted by Crippen LogP contribution is 2.13. The summed E-state index contributed by atoms with van der Waals surface area (Å²) in [4.78, 5) is 0. The largest absolute Gasteiger partial charge is 0.372 e. The van der Waals surface area contributed by atoms with Crippen molar-refractivity contribution in [3.8, 4) is 0 Å². The average molecular weight is 180 g/mol. The molecule has 0 aliphatic carbocycles. The minimum absolute atomic E-state index is 0.0128. The van der Waals surface area contributed by atoms with E-state index in [0.717, 1.165) is 0 Å². The molecule has 0 spiro atoms. The summed E-state index contributed by atoms with van der Waals surface area (Å²) >= 11 is 0. The molecule has 1 aliphatic rings. The monoisotopic (exact) mass is 180 g/mol. The molecule has 1 rings (SSSR count). The van der Waals surface area contributed by atoms with Crippen LogP contribution >= 0.6 is 0 Å². The zero-order valence-corrected chi connectivity index (χ0v) is 7.41. The fourth-order valence-corrected chi connectivity index (χ4v) is 1.38. The van der Waals surface area contributed by atoms with Crippen molar-refractivity contribution in [2.24, 2.45) is 0 Å². The molecule has 1 saturated heterocycles. The quantitative estimate of drug-likeness (QED) is 0.565. The van der Waals surface area contributed by atoms with E-state index in [9.17, 15) is 8.42 Å². The van der Waals surface area contributed by atoms with E-state index in [1.165, 1.54) is 0 Å². The Balaban J connectivity index is 2.52. The van der Waals surface area contributed by atoms with Gasteiger partial charge in [0.25, 0.3) is 0 Å². The van der Waals surface area contributed by atoms with Crippen molar-refractivity contribution in [1.82, 2.24) is 0 Å². The highest BCUT2D eigenvalue weighted by atomic mass is 32.2. The van der Waals surface area contributed by atoms with Gasteiger partial charge in [-0.3, -0.25) is 0 Å². The number of rotatable bonds is 1. The first kappa shape index (κ1) is 8.96. The maximum absolute atomic E-state index is 10.4. The number of thiol groups is 1. The van der Waals surface area contributed by atoms with Gasteiger partial charge in [-0.1, -0.05) is 0 Å². The Morgan fingerprint density at radius 3 is 2.36 bits per heavy atom. The van der Waals surface area contributed by atoms with E-state index in [4.69, 9.17) is 9.47 Å². The van der Waals surface area contributed by atoms with Gasteiger partial charge in [0.2, 0.25) is 0 Å². The SMILES string of the molecule is CC1OCC([SH](=O)=O)OC1C. The smallest absolute Gasteiger partial charge is 0.179 e. The van der Waals surface area contributed by atoms with Gasteiger partial charge in [-0.2, -0.15) is 0 Å². The Hall–Kier alpha value is -0.130. The van der Waals surface area contributed by atoms with Crippen molar-refractivity contribution >= 4 is 10.7 Å². The molecule has 1 fully saturated rings. The molecule has 0 saturated carbocycles. The maximum atomic E-state index is 10.4. The van der Waals surface area contributed by atoms with Crippen LogP contribution in [-0.2, 0) is 20.2 Å². The first-order chi connectivity index (χ1) is 5.11. The zero-order chi connectivity index (χ0) is 8.43. The minimum Gasteiger partial charge on any atom is -0.372 e. The summed E-state index contributed by atoms with van der Waals surface area (Å²) in [5, 5.41) is 0. The summed E-state index contributed by atoms with van der Waals surface area (Å²) in [5.74, 6) is 0. The van der Waals surface area contributed by atoms with Crippen LogP contribution in [0.3, 0.4) is 0 Å². The van der Waals surface area contributed by atoms with Gasteiger partial charge in [-0.15, -0.1) is 0 Å². The van der Waals surface area contributed by atoms with Crippen LogP contribution in [0.15, 0.2) is 0 Å². The van der Waals surface area contributed by atoms with Crippen LogP contribution in [0.5, 0.6) is 0 Å².